The number of nitrogens with zero attached hydrogens (tertiary/aromatic N) is 2. The molecule has 1 N–H and O–H groups in total. The highest BCUT2D eigenvalue weighted by Crippen LogP contribution is 2.22. The Kier molecular flexibility index (Phi) is 5.68. The zero-order valence-electron chi connectivity index (χ0n) is 14.3. The van der Waals surface area contributed by atoms with Gasteiger partial charge in [0.1, 0.15) is 0 Å². The SMILES string of the molecule is CC(=O)Nc1cccc(CN2CCC(CN3CCCCC3)C2)c1. The molecule has 0 aromatic heterocycles. The number of carbonyl (C=O) groups excluding carboxylic acids is 1. The van der Waals surface area contributed by atoms with Crippen molar-refractivity contribution in [2.75, 3.05) is 38.0 Å². The number of amides is 1. The van der Waals surface area contributed by atoms with Crippen molar-refractivity contribution in [2.24, 2.45) is 5.92 Å². The van der Waals surface area contributed by atoms with Crippen LogP contribution in [-0.4, -0.2) is 48.4 Å². The number of benzene rings is 1. The molecule has 4 nitrogen and oxygen atoms in total. The highest BCUT2D eigenvalue weighted by atomic mass is 16.1. The van der Waals surface area contributed by atoms with Crippen LogP contribution in [0.3, 0.4) is 0 Å². The number of anilines is 1. The minimum absolute atomic E-state index is 0.00934. The fourth-order valence-corrected chi connectivity index (χ4v) is 3.92. The summed E-state index contributed by atoms with van der Waals surface area (Å²) in [6.07, 6.45) is 5.50. The molecule has 2 aliphatic heterocycles. The van der Waals surface area contributed by atoms with Crippen molar-refractivity contribution in [3.63, 3.8) is 0 Å². The summed E-state index contributed by atoms with van der Waals surface area (Å²) < 4.78 is 0. The summed E-state index contributed by atoms with van der Waals surface area (Å²) in [5, 5.41) is 2.87. The number of piperidine rings is 1. The molecule has 2 aliphatic rings. The van der Waals surface area contributed by atoms with Crippen molar-refractivity contribution < 1.29 is 4.79 Å². The number of likely N-dealkylation sites (tertiary alicyclic amines) is 2. The van der Waals surface area contributed by atoms with Gasteiger partial charge in [-0.05, 0) is 62.5 Å². The van der Waals surface area contributed by atoms with E-state index < -0.39 is 0 Å². The maximum atomic E-state index is 11.2. The zero-order chi connectivity index (χ0) is 16.1. The number of carbonyl (C=O) groups is 1. The van der Waals surface area contributed by atoms with Gasteiger partial charge in [0.15, 0.2) is 0 Å². The van der Waals surface area contributed by atoms with Crippen molar-refractivity contribution in [3.8, 4) is 0 Å². The van der Waals surface area contributed by atoms with Crippen molar-refractivity contribution in [2.45, 2.75) is 39.2 Å². The van der Waals surface area contributed by atoms with Crippen LogP contribution in [-0.2, 0) is 11.3 Å². The lowest BCUT2D eigenvalue weighted by atomic mass is 10.1. The van der Waals surface area contributed by atoms with Crippen LogP contribution in [0.1, 0.15) is 38.2 Å². The Bertz CT molecular complexity index is 525. The molecule has 0 aliphatic carbocycles. The summed E-state index contributed by atoms with van der Waals surface area (Å²) >= 11 is 0. The van der Waals surface area contributed by atoms with Crippen molar-refractivity contribution in [1.82, 2.24) is 9.80 Å². The van der Waals surface area contributed by atoms with Gasteiger partial charge in [-0.15, -0.1) is 0 Å². The zero-order valence-corrected chi connectivity index (χ0v) is 14.3. The van der Waals surface area contributed by atoms with Gasteiger partial charge in [0.25, 0.3) is 0 Å². The average molecular weight is 315 g/mol. The Morgan fingerprint density at radius 3 is 2.78 bits per heavy atom. The summed E-state index contributed by atoms with van der Waals surface area (Å²) in [6, 6.07) is 8.23. The highest BCUT2D eigenvalue weighted by Gasteiger charge is 2.25. The predicted molar refractivity (Wildman–Crippen MR) is 94.4 cm³/mol. The van der Waals surface area contributed by atoms with Crippen LogP contribution < -0.4 is 5.32 Å². The molecule has 4 heteroatoms. The van der Waals surface area contributed by atoms with Crippen molar-refractivity contribution in [1.29, 1.82) is 0 Å². The van der Waals surface area contributed by atoms with Crippen LogP contribution in [0.15, 0.2) is 24.3 Å². The second kappa shape index (κ2) is 7.93. The lowest BCUT2D eigenvalue weighted by Crippen LogP contribution is -2.35. The van der Waals surface area contributed by atoms with Gasteiger partial charge in [-0.2, -0.15) is 0 Å². The third-order valence-electron chi connectivity index (χ3n) is 4.99. The summed E-state index contributed by atoms with van der Waals surface area (Å²) in [6.45, 7) is 8.83. The highest BCUT2D eigenvalue weighted by molar-refractivity contribution is 5.88. The molecule has 0 bridgehead atoms. The van der Waals surface area contributed by atoms with E-state index in [-0.39, 0.29) is 5.91 Å². The van der Waals surface area contributed by atoms with Gasteiger partial charge < -0.3 is 10.2 Å². The first-order valence-electron chi connectivity index (χ1n) is 9.00. The van der Waals surface area contributed by atoms with Crippen LogP contribution >= 0.6 is 0 Å². The molecule has 1 atom stereocenters. The van der Waals surface area contributed by atoms with Crippen molar-refractivity contribution in [3.05, 3.63) is 29.8 Å². The average Bonchev–Trinajstić information content (AvgIpc) is 2.95. The molecule has 2 heterocycles. The van der Waals surface area contributed by atoms with E-state index in [0.29, 0.717) is 0 Å². The predicted octanol–water partition coefficient (Wildman–Crippen LogP) is 2.95. The Morgan fingerprint density at radius 1 is 1.17 bits per heavy atom. The van der Waals surface area contributed by atoms with Gasteiger partial charge in [-0.1, -0.05) is 18.6 Å². The number of hydrogen-bond acceptors (Lipinski definition) is 3. The molecule has 0 saturated carbocycles. The molecular weight excluding hydrogens is 286 g/mol. The molecule has 1 aromatic carbocycles. The van der Waals surface area contributed by atoms with Gasteiger partial charge in [0.05, 0.1) is 0 Å². The Labute approximate surface area is 139 Å². The van der Waals surface area contributed by atoms with Gasteiger partial charge in [-0.25, -0.2) is 0 Å². The molecule has 126 valence electrons. The van der Waals surface area contributed by atoms with E-state index in [2.05, 4.69) is 27.2 Å². The molecule has 2 saturated heterocycles. The number of hydrogen-bond donors (Lipinski definition) is 1. The molecule has 1 amide bonds. The van der Waals surface area contributed by atoms with Gasteiger partial charge in [0.2, 0.25) is 5.91 Å². The van der Waals surface area contributed by atoms with Gasteiger partial charge in [0, 0.05) is 32.2 Å². The minimum atomic E-state index is -0.00934. The van der Waals surface area contributed by atoms with E-state index in [4.69, 9.17) is 0 Å². The molecular formula is C19H29N3O. The topological polar surface area (TPSA) is 35.6 Å². The van der Waals surface area contributed by atoms with E-state index in [0.717, 1.165) is 18.2 Å². The Balaban J connectivity index is 1.48. The second-order valence-electron chi connectivity index (χ2n) is 7.13. The third-order valence-corrected chi connectivity index (χ3v) is 4.99. The quantitative estimate of drug-likeness (QED) is 0.907. The Hall–Kier alpha value is -1.39. The van der Waals surface area contributed by atoms with Crippen LogP contribution in [0.4, 0.5) is 5.69 Å². The van der Waals surface area contributed by atoms with Gasteiger partial charge >= 0.3 is 0 Å². The fraction of sp³-hybridized carbons (Fsp3) is 0.632. The van der Waals surface area contributed by atoms with Gasteiger partial charge in [-0.3, -0.25) is 9.69 Å². The number of rotatable bonds is 5. The fourth-order valence-electron chi connectivity index (χ4n) is 3.92. The molecule has 1 unspecified atom stereocenters. The van der Waals surface area contributed by atoms with Crippen LogP contribution in [0, 0.1) is 5.92 Å². The maximum absolute atomic E-state index is 11.2. The maximum Gasteiger partial charge on any atom is 0.221 e. The lowest BCUT2D eigenvalue weighted by molar-refractivity contribution is -0.114. The molecule has 3 rings (SSSR count). The summed E-state index contributed by atoms with van der Waals surface area (Å²) in [4.78, 5) is 16.4. The second-order valence-corrected chi connectivity index (χ2v) is 7.13. The monoisotopic (exact) mass is 315 g/mol. The smallest absolute Gasteiger partial charge is 0.221 e. The molecule has 23 heavy (non-hydrogen) atoms. The minimum Gasteiger partial charge on any atom is -0.326 e. The summed E-state index contributed by atoms with van der Waals surface area (Å²) in [5.74, 6) is 0.816. The van der Waals surface area contributed by atoms with Crippen LogP contribution in [0.5, 0.6) is 0 Å². The standard InChI is InChI=1S/C19H29N3O/c1-16(23)20-19-7-5-6-17(12-19)13-22-11-8-18(15-22)14-21-9-3-2-4-10-21/h5-7,12,18H,2-4,8-11,13-15H2,1H3,(H,20,23). The van der Waals surface area contributed by atoms with E-state index in [1.807, 2.05) is 12.1 Å². The van der Waals surface area contributed by atoms with Crippen LogP contribution in [0.25, 0.3) is 0 Å². The van der Waals surface area contributed by atoms with Crippen molar-refractivity contribution >= 4 is 11.6 Å². The number of nitrogens with one attached hydrogen (secondary N) is 1. The molecule has 0 radical (unpaired) electrons. The summed E-state index contributed by atoms with van der Waals surface area (Å²) in [7, 11) is 0. The summed E-state index contributed by atoms with van der Waals surface area (Å²) in [5.41, 5.74) is 2.19. The van der Waals surface area contributed by atoms with E-state index in [9.17, 15) is 4.79 Å². The third kappa shape index (κ3) is 5.05. The first-order valence-corrected chi connectivity index (χ1v) is 9.00. The lowest BCUT2D eigenvalue weighted by Gasteiger charge is -2.29. The van der Waals surface area contributed by atoms with E-state index in [1.54, 1.807) is 6.92 Å². The molecule has 0 spiro atoms. The largest absolute Gasteiger partial charge is 0.326 e. The molecule has 1 aromatic rings. The first kappa shape index (κ1) is 16.5. The molecule has 2 fully saturated rings. The van der Waals surface area contributed by atoms with Crippen LogP contribution in [0.2, 0.25) is 0 Å². The van der Waals surface area contributed by atoms with E-state index >= 15 is 0 Å². The first-order chi connectivity index (χ1) is 11.2. The normalized spacial score (nSPS) is 23.1. The Morgan fingerprint density at radius 2 is 2.00 bits per heavy atom. The van der Waals surface area contributed by atoms with E-state index in [1.165, 1.54) is 64.0 Å².